The van der Waals surface area contributed by atoms with E-state index in [4.69, 9.17) is 4.42 Å². The second-order valence-corrected chi connectivity index (χ2v) is 7.28. The van der Waals surface area contributed by atoms with Gasteiger partial charge in [0.25, 0.3) is 10.9 Å². The minimum absolute atomic E-state index is 0.00300. The number of non-ortho nitro benzene ring substituents is 1. The maximum atomic E-state index is 12.6. The van der Waals surface area contributed by atoms with E-state index in [1.165, 1.54) is 30.0 Å². The molecule has 8 heteroatoms. The number of ketones is 1. The lowest BCUT2D eigenvalue weighted by atomic mass is 10.2. The first-order chi connectivity index (χ1) is 12.3. The Kier molecular flexibility index (Phi) is 4.86. The molecule has 0 spiro atoms. The fourth-order valence-electron chi connectivity index (χ4n) is 3.13. The molecule has 0 aliphatic carbocycles. The van der Waals surface area contributed by atoms with Crippen LogP contribution in [0.15, 0.2) is 33.9 Å². The van der Waals surface area contributed by atoms with Crippen molar-refractivity contribution in [3.05, 3.63) is 51.3 Å². The van der Waals surface area contributed by atoms with Crippen LogP contribution in [0.25, 0.3) is 11.1 Å². The van der Waals surface area contributed by atoms with E-state index in [9.17, 15) is 14.9 Å². The topological polar surface area (TPSA) is 91.2 Å². The molecule has 0 aliphatic rings. The standard InChI is InChI=1S/C18H19N3O4S/c1-10(2)20-11(3)7-14(12(20)4)16(22)9-26-18-19-15-8-13(21(23)24)5-6-17(15)25-18/h5-8,10H,9H2,1-4H3. The fourth-order valence-corrected chi connectivity index (χ4v) is 3.85. The molecule has 2 aromatic heterocycles. The Bertz CT molecular complexity index is 1000. The fraction of sp³-hybridized carbons (Fsp3) is 0.333. The van der Waals surface area contributed by atoms with Gasteiger partial charge in [0.15, 0.2) is 11.4 Å². The van der Waals surface area contributed by atoms with E-state index in [2.05, 4.69) is 23.4 Å². The van der Waals surface area contributed by atoms with Crippen LogP contribution < -0.4 is 0 Å². The summed E-state index contributed by atoms with van der Waals surface area (Å²) in [6.45, 7) is 8.11. The predicted octanol–water partition coefficient (Wildman–Crippen LogP) is 4.71. The van der Waals surface area contributed by atoms with Crippen LogP contribution in [0.4, 0.5) is 5.69 Å². The molecule has 0 unspecified atom stereocenters. The lowest BCUT2D eigenvalue weighted by Crippen LogP contribution is -2.08. The quantitative estimate of drug-likeness (QED) is 0.269. The highest BCUT2D eigenvalue weighted by Gasteiger charge is 2.19. The molecular formula is C18H19N3O4S. The van der Waals surface area contributed by atoms with Gasteiger partial charge in [0.1, 0.15) is 5.52 Å². The Balaban J connectivity index is 1.77. The minimum Gasteiger partial charge on any atom is -0.431 e. The van der Waals surface area contributed by atoms with E-state index in [0.717, 1.165) is 11.4 Å². The van der Waals surface area contributed by atoms with E-state index in [1.54, 1.807) is 0 Å². The van der Waals surface area contributed by atoms with Gasteiger partial charge in [0, 0.05) is 35.1 Å². The number of nitro benzene ring substituents is 1. The predicted molar refractivity (Wildman–Crippen MR) is 100 cm³/mol. The van der Waals surface area contributed by atoms with Crippen molar-refractivity contribution < 1.29 is 14.1 Å². The van der Waals surface area contributed by atoms with Crippen molar-refractivity contribution in [2.45, 2.75) is 39.0 Å². The number of benzene rings is 1. The maximum absolute atomic E-state index is 12.6. The monoisotopic (exact) mass is 373 g/mol. The van der Waals surface area contributed by atoms with Crippen molar-refractivity contribution in [3.8, 4) is 0 Å². The van der Waals surface area contributed by atoms with Gasteiger partial charge in [-0.3, -0.25) is 14.9 Å². The van der Waals surface area contributed by atoms with Gasteiger partial charge < -0.3 is 8.98 Å². The highest BCUT2D eigenvalue weighted by atomic mass is 32.2. The van der Waals surface area contributed by atoms with Crippen molar-refractivity contribution in [2.24, 2.45) is 0 Å². The summed E-state index contributed by atoms with van der Waals surface area (Å²) in [4.78, 5) is 27.2. The molecule has 136 valence electrons. The van der Waals surface area contributed by atoms with Crippen LogP contribution in [-0.2, 0) is 0 Å². The van der Waals surface area contributed by atoms with Crippen LogP contribution in [0, 0.1) is 24.0 Å². The number of hydrogen-bond donors (Lipinski definition) is 0. The summed E-state index contributed by atoms with van der Waals surface area (Å²) in [7, 11) is 0. The van der Waals surface area contributed by atoms with Crippen LogP contribution in [0.5, 0.6) is 0 Å². The summed E-state index contributed by atoms with van der Waals surface area (Å²) < 4.78 is 7.69. The molecule has 2 heterocycles. The van der Waals surface area contributed by atoms with E-state index in [0.29, 0.717) is 21.9 Å². The second-order valence-electron chi connectivity index (χ2n) is 6.35. The van der Waals surface area contributed by atoms with Crippen molar-refractivity contribution in [1.29, 1.82) is 0 Å². The average molecular weight is 373 g/mol. The third-order valence-corrected chi connectivity index (χ3v) is 5.02. The van der Waals surface area contributed by atoms with Gasteiger partial charge in [0.05, 0.1) is 10.7 Å². The lowest BCUT2D eigenvalue weighted by Gasteiger charge is -2.13. The van der Waals surface area contributed by atoms with Crippen LogP contribution in [0.1, 0.15) is 41.6 Å². The van der Waals surface area contributed by atoms with Crippen LogP contribution in [-0.4, -0.2) is 26.0 Å². The molecule has 0 atom stereocenters. The third kappa shape index (κ3) is 3.37. The lowest BCUT2D eigenvalue weighted by molar-refractivity contribution is -0.384. The zero-order chi connectivity index (χ0) is 19.0. The summed E-state index contributed by atoms with van der Waals surface area (Å²) in [5.41, 5.74) is 3.54. The van der Waals surface area contributed by atoms with Gasteiger partial charge >= 0.3 is 0 Å². The molecule has 7 nitrogen and oxygen atoms in total. The van der Waals surface area contributed by atoms with Gasteiger partial charge in [-0.25, -0.2) is 4.98 Å². The van der Waals surface area contributed by atoms with Gasteiger partial charge in [-0.15, -0.1) is 0 Å². The number of fused-ring (bicyclic) bond motifs is 1. The van der Waals surface area contributed by atoms with Gasteiger partial charge in [-0.2, -0.15) is 0 Å². The first-order valence-corrected chi connectivity index (χ1v) is 9.16. The number of aromatic nitrogens is 2. The molecule has 0 amide bonds. The first-order valence-electron chi connectivity index (χ1n) is 8.17. The number of carbonyl (C=O) groups excluding carboxylic acids is 1. The van der Waals surface area contributed by atoms with E-state index < -0.39 is 4.92 Å². The summed E-state index contributed by atoms with van der Waals surface area (Å²) >= 11 is 1.19. The number of aryl methyl sites for hydroxylation is 1. The number of oxazole rings is 1. The Morgan fingerprint density at radius 2 is 2.08 bits per heavy atom. The SMILES string of the molecule is Cc1cc(C(=O)CSc2nc3cc([N+](=O)[O-])ccc3o2)c(C)n1C(C)C. The number of thioether (sulfide) groups is 1. The molecule has 0 saturated carbocycles. The van der Waals surface area contributed by atoms with Crippen molar-refractivity contribution in [3.63, 3.8) is 0 Å². The Morgan fingerprint density at radius 1 is 1.35 bits per heavy atom. The third-order valence-electron chi connectivity index (χ3n) is 4.19. The maximum Gasteiger partial charge on any atom is 0.271 e. The molecule has 0 radical (unpaired) electrons. The molecule has 3 aromatic rings. The van der Waals surface area contributed by atoms with Gasteiger partial charge in [-0.1, -0.05) is 11.8 Å². The highest BCUT2D eigenvalue weighted by molar-refractivity contribution is 7.99. The zero-order valence-corrected chi connectivity index (χ0v) is 15.8. The number of hydrogen-bond acceptors (Lipinski definition) is 6. The zero-order valence-electron chi connectivity index (χ0n) is 15.0. The van der Waals surface area contributed by atoms with Crippen LogP contribution >= 0.6 is 11.8 Å². The van der Waals surface area contributed by atoms with Crippen molar-refractivity contribution >= 4 is 34.3 Å². The summed E-state index contributed by atoms with van der Waals surface area (Å²) in [6, 6.07) is 6.45. The second kappa shape index (κ2) is 6.95. The Hall–Kier alpha value is -2.61. The Morgan fingerprint density at radius 3 is 2.69 bits per heavy atom. The molecule has 3 rings (SSSR count). The average Bonchev–Trinajstić information content (AvgIpc) is 3.11. The van der Waals surface area contributed by atoms with E-state index >= 15 is 0 Å². The Labute approximate surface area is 154 Å². The number of carbonyl (C=O) groups is 1. The van der Waals surface area contributed by atoms with Gasteiger partial charge in [0.2, 0.25) is 0 Å². The smallest absolute Gasteiger partial charge is 0.271 e. The molecule has 1 aromatic carbocycles. The molecule has 0 saturated heterocycles. The first kappa shape index (κ1) is 18.2. The van der Waals surface area contributed by atoms with Crippen molar-refractivity contribution in [2.75, 3.05) is 5.75 Å². The summed E-state index contributed by atoms with van der Waals surface area (Å²) in [6.07, 6.45) is 0. The molecular weight excluding hydrogens is 354 g/mol. The minimum atomic E-state index is -0.477. The number of rotatable bonds is 6. The largest absolute Gasteiger partial charge is 0.431 e. The summed E-state index contributed by atoms with van der Waals surface area (Å²) in [5.74, 6) is 0.195. The molecule has 0 fully saturated rings. The van der Waals surface area contributed by atoms with Crippen LogP contribution in [0.2, 0.25) is 0 Å². The van der Waals surface area contributed by atoms with Crippen molar-refractivity contribution in [1.82, 2.24) is 9.55 Å². The normalized spacial score (nSPS) is 11.4. The van der Waals surface area contributed by atoms with Gasteiger partial charge in [-0.05, 0) is 39.8 Å². The number of nitro groups is 1. The number of nitrogens with zero attached hydrogens (tertiary/aromatic N) is 3. The van der Waals surface area contributed by atoms with Crippen LogP contribution in [0.3, 0.4) is 0 Å². The molecule has 0 N–H and O–H groups in total. The van der Waals surface area contributed by atoms with E-state index in [1.807, 2.05) is 19.9 Å². The molecule has 0 bridgehead atoms. The summed E-state index contributed by atoms with van der Waals surface area (Å²) in [5, 5.41) is 11.2. The molecule has 26 heavy (non-hydrogen) atoms. The highest BCUT2D eigenvalue weighted by Crippen LogP contribution is 2.28. The van der Waals surface area contributed by atoms with E-state index in [-0.39, 0.29) is 23.3 Å². The molecule has 0 aliphatic heterocycles. The number of Topliss-reactive ketones (excluding diaryl/α,β-unsaturated/α-hetero) is 1.